The number of rotatable bonds is 9. The van der Waals surface area contributed by atoms with E-state index in [1.54, 1.807) is 25.1 Å². The predicted octanol–water partition coefficient (Wildman–Crippen LogP) is 4.13. The summed E-state index contributed by atoms with van der Waals surface area (Å²) in [6, 6.07) is 7.46. The van der Waals surface area contributed by atoms with Crippen LogP contribution in [0.4, 0.5) is 11.4 Å². The van der Waals surface area contributed by atoms with Crippen molar-refractivity contribution in [3.05, 3.63) is 52.1 Å². The second-order valence-electron chi connectivity index (χ2n) is 12.5. The molecule has 0 spiro atoms. The lowest BCUT2D eigenvalue weighted by molar-refractivity contribution is -0.138. The van der Waals surface area contributed by atoms with Crippen molar-refractivity contribution >= 4 is 34.9 Å². The summed E-state index contributed by atoms with van der Waals surface area (Å²) >= 11 is 0. The number of anilines is 2. The Labute approximate surface area is 248 Å². The number of fused-ring (bicyclic) bond motifs is 1. The normalized spacial score (nSPS) is 15.5. The van der Waals surface area contributed by atoms with E-state index >= 15 is 0 Å². The van der Waals surface area contributed by atoms with Crippen molar-refractivity contribution in [2.24, 2.45) is 5.92 Å². The summed E-state index contributed by atoms with van der Waals surface area (Å²) in [5.74, 6) is -0.0186. The molecule has 4 rings (SSSR count). The van der Waals surface area contributed by atoms with Crippen molar-refractivity contribution in [2.45, 2.75) is 52.0 Å². The highest BCUT2D eigenvalue weighted by atomic mass is 16.5. The van der Waals surface area contributed by atoms with Gasteiger partial charge in [-0.1, -0.05) is 20.8 Å². The Hall–Kier alpha value is -4.08. The van der Waals surface area contributed by atoms with Gasteiger partial charge in [0.05, 0.1) is 24.9 Å². The minimum Gasteiger partial charge on any atom is -0.494 e. The van der Waals surface area contributed by atoms with Crippen LogP contribution in [0.25, 0.3) is 0 Å². The van der Waals surface area contributed by atoms with Crippen molar-refractivity contribution in [2.75, 3.05) is 57.7 Å². The average molecular weight is 578 g/mol. The summed E-state index contributed by atoms with van der Waals surface area (Å²) in [5, 5.41) is 20.7. The standard InChI is InChI=1S/C32H43N5O5/c1-32(2,3)24-13-20(14-26(29(24)42-7)36-10-8-19(9-11-36)12-28(39)40)27(38)18-37-17-21-15-25(35(5)6)23(31(41)34-4)16-22(21)30(37)33/h13-16,19,33H,8-12,17-18H2,1-7H3,(H,34,41)(H,39,40). The van der Waals surface area contributed by atoms with Crippen LogP contribution in [0.5, 0.6) is 5.75 Å². The van der Waals surface area contributed by atoms with Crippen LogP contribution in [0.3, 0.4) is 0 Å². The first-order valence-electron chi connectivity index (χ1n) is 14.4. The zero-order chi connectivity index (χ0) is 30.9. The number of carboxylic acids is 1. The third-order valence-electron chi connectivity index (χ3n) is 8.26. The Morgan fingerprint density at radius 1 is 1.12 bits per heavy atom. The fourth-order valence-electron chi connectivity index (χ4n) is 5.93. The number of carboxylic acid groups (broad SMARTS) is 1. The molecule has 0 radical (unpaired) electrons. The van der Waals surface area contributed by atoms with Gasteiger partial charge in [0.25, 0.3) is 5.91 Å². The molecule has 0 saturated carbocycles. The van der Waals surface area contributed by atoms with E-state index in [0.717, 1.165) is 41.1 Å². The second kappa shape index (κ2) is 12.0. The number of piperidine rings is 1. The van der Waals surface area contributed by atoms with Crippen molar-refractivity contribution < 1.29 is 24.2 Å². The zero-order valence-corrected chi connectivity index (χ0v) is 25.8. The number of carbonyl (C=O) groups excluding carboxylic acids is 2. The number of hydrogen-bond acceptors (Lipinski definition) is 7. The van der Waals surface area contributed by atoms with E-state index in [0.29, 0.717) is 36.3 Å². The molecule has 0 bridgehead atoms. The number of Topliss-reactive ketones (excluding diaryl/α,β-unsaturated/α-hetero) is 1. The predicted molar refractivity (Wildman–Crippen MR) is 165 cm³/mol. The molecular formula is C32H43N5O5. The van der Waals surface area contributed by atoms with E-state index in [2.05, 4.69) is 31.0 Å². The summed E-state index contributed by atoms with van der Waals surface area (Å²) in [7, 11) is 6.97. The molecule has 2 heterocycles. The van der Waals surface area contributed by atoms with Crippen LogP contribution in [0.15, 0.2) is 24.3 Å². The smallest absolute Gasteiger partial charge is 0.303 e. The number of nitrogens with zero attached hydrogens (tertiary/aromatic N) is 3. The van der Waals surface area contributed by atoms with Gasteiger partial charge in [-0.2, -0.15) is 0 Å². The topological polar surface area (TPSA) is 126 Å². The van der Waals surface area contributed by atoms with E-state index < -0.39 is 5.97 Å². The first-order chi connectivity index (χ1) is 19.7. The molecule has 10 nitrogen and oxygen atoms in total. The third kappa shape index (κ3) is 6.22. The van der Waals surface area contributed by atoms with Gasteiger partial charge in [0.15, 0.2) is 5.78 Å². The monoisotopic (exact) mass is 577 g/mol. The number of benzene rings is 2. The van der Waals surface area contributed by atoms with Gasteiger partial charge in [-0.25, -0.2) is 0 Å². The number of carbonyl (C=O) groups is 3. The number of nitrogens with one attached hydrogen (secondary N) is 2. The molecule has 2 aromatic rings. The van der Waals surface area contributed by atoms with E-state index in [4.69, 9.17) is 10.1 Å². The van der Waals surface area contributed by atoms with Gasteiger partial charge in [0, 0.05) is 69.6 Å². The zero-order valence-electron chi connectivity index (χ0n) is 25.8. The van der Waals surface area contributed by atoms with Crippen molar-refractivity contribution in [1.82, 2.24) is 10.2 Å². The molecule has 0 aromatic heterocycles. The highest BCUT2D eigenvalue weighted by Gasteiger charge is 2.32. The molecule has 42 heavy (non-hydrogen) atoms. The lowest BCUT2D eigenvalue weighted by atomic mass is 9.83. The molecule has 2 aliphatic heterocycles. The van der Waals surface area contributed by atoms with Gasteiger partial charge in [-0.05, 0) is 54.0 Å². The Kier molecular flexibility index (Phi) is 8.84. The summed E-state index contributed by atoms with van der Waals surface area (Å²) in [6.45, 7) is 8.05. The molecule has 3 N–H and O–H groups in total. The van der Waals surface area contributed by atoms with Crippen LogP contribution < -0.4 is 19.9 Å². The molecular weight excluding hydrogens is 534 g/mol. The summed E-state index contributed by atoms with van der Waals surface area (Å²) in [6.07, 6.45) is 1.69. The van der Waals surface area contributed by atoms with Gasteiger partial charge < -0.3 is 29.9 Å². The van der Waals surface area contributed by atoms with Crippen molar-refractivity contribution in [3.8, 4) is 5.75 Å². The van der Waals surface area contributed by atoms with Gasteiger partial charge in [0.2, 0.25) is 0 Å². The first kappa shape index (κ1) is 30.9. The molecule has 226 valence electrons. The fourth-order valence-corrected chi connectivity index (χ4v) is 5.93. The van der Waals surface area contributed by atoms with Crippen LogP contribution in [-0.2, 0) is 16.8 Å². The second-order valence-corrected chi connectivity index (χ2v) is 12.5. The van der Waals surface area contributed by atoms with E-state index in [-0.39, 0.29) is 41.8 Å². The molecule has 1 fully saturated rings. The van der Waals surface area contributed by atoms with Gasteiger partial charge in [0.1, 0.15) is 11.6 Å². The van der Waals surface area contributed by atoms with E-state index in [1.807, 2.05) is 37.2 Å². The molecule has 1 saturated heterocycles. The number of methoxy groups -OCH3 is 1. The lowest BCUT2D eigenvalue weighted by Crippen LogP contribution is -2.35. The average Bonchev–Trinajstić information content (AvgIpc) is 3.24. The van der Waals surface area contributed by atoms with Crippen LogP contribution >= 0.6 is 0 Å². The Bertz CT molecular complexity index is 1400. The fraction of sp³-hybridized carbons (Fsp3) is 0.500. The van der Waals surface area contributed by atoms with Crippen LogP contribution in [0.1, 0.15) is 77.4 Å². The molecule has 10 heteroatoms. The Balaban J connectivity index is 1.63. The summed E-state index contributed by atoms with van der Waals surface area (Å²) in [4.78, 5) is 43.5. The molecule has 0 atom stereocenters. The lowest BCUT2D eigenvalue weighted by Gasteiger charge is -2.36. The maximum atomic E-state index is 13.8. The molecule has 2 aromatic carbocycles. The quantitative estimate of drug-likeness (QED) is 0.380. The molecule has 1 amide bonds. The van der Waals surface area contributed by atoms with Crippen LogP contribution in [0.2, 0.25) is 0 Å². The summed E-state index contributed by atoms with van der Waals surface area (Å²) < 4.78 is 5.92. The Morgan fingerprint density at radius 2 is 1.79 bits per heavy atom. The minimum atomic E-state index is -0.772. The molecule has 0 unspecified atom stereocenters. The van der Waals surface area contributed by atoms with Crippen molar-refractivity contribution in [3.63, 3.8) is 0 Å². The van der Waals surface area contributed by atoms with E-state index in [1.165, 1.54) is 0 Å². The molecule has 2 aliphatic rings. The number of aliphatic carboxylic acids is 1. The van der Waals surface area contributed by atoms with Crippen LogP contribution in [-0.4, -0.2) is 81.4 Å². The maximum Gasteiger partial charge on any atom is 0.303 e. The first-order valence-corrected chi connectivity index (χ1v) is 14.4. The van der Waals surface area contributed by atoms with Gasteiger partial charge >= 0.3 is 5.97 Å². The maximum absolute atomic E-state index is 13.8. The van der Waals surface area contributed by atoms with Gasteiger partial charge in [-0.3, -0.25) is 19.8 Å². The number of hydrogen-bond donors (Lipinski definition) is 3. The SMILES string of the molecule is CNC(=O)c1cc2c(cc1N(C)C)CN(CC(=O)c1cc(N3CCC(CC(=O)O)CC3)c(OC)c(C(C)(C)C)c1)C2=N. The van der Waals surface area contributed by atoms with Gasteiger partial charge in [-0.15, -0.1) is 0 Å². The highest BCUT2D eigenvalue weighted by Crippen LogP contribution is 2.42. The minimum absolute atomic E-state index is 0.0240. The molecule has 0 aliphatic carbocycles. The highest BCUT2D eigenvalue weighted by molar-refractivity contribution is 6.08. The third-order valence-corrected chi connectivity index (χ3v) is 8.26. The Morgan fingerprint density at radius 3 is 2.33 bits per heavy atom. The largest absolute Gasteiger partial charge is 0.494 e. The number of ketones is 1. The number of amidine groups is 1. The van der Waals surface area contributed by atoms with Crippen molar-refractivity contribution in [1.29, 1.82) is 5.41 Å². The van der Waals surface area contributed by atoms with E-state index in [9.17, 15) is 19.5 Å². The number of amides is 1. The summed E-state index contributed by atoms with van der Waals surface area (Å²) in [5.41, 5.74) is 4.81. The van der Waals surface area contributed by atoms with Crippen LogP contribution in [0, 0.1) is 11.3 Å². The number of ether oxygens (including phenoxy) is 1.